The van der Waals surface area contributed by atoms with Crippen LogP contribution in [0.2, 0.25) is 0 Å². The fourth-order valence-electron chi connectivity index (χ4n) is 2.19. The van der Waals surface area contributed by atoms with Gasteiger partial charge in [0, 0.05) is 16.6 Å². The minimum absolute atomic E-state index is 0.110. The predicted octanol–water partition coefficient (Wildman–Crippen LogP) is 4.47. The molecular formula is C15H16Br2N2O. The number of Topliss-reactive ketones (excluding diaryl/α,β-unsaturated/α-hetero) is 1. The van der Waals surface area contributed by atoms with Gasteiger partial charge in [0.25, 0.3) is 0 Å². The van der Waals surface area contributed by atoms with Gasteiger partial charge in [-0.3, -0.25) is 9.48 Å². The van der Waals surface area contributed by atoms with E-state index in [1.54, 1.807) is 0 Å². The fourth-order valence-corrected chi connectivity index (χ4v) is 2.99. The van der Waals surface area contributed by atoms with Gasteiger partial charge in [0.05, 0.1) is 22.3 Å². The minimum atomic E-state index is 0.110. The first kappa shape index (κ1) is 15.4. The molecule has 0 saturated heterocycles. The molecular weight excluding hydrogens is 384 g/mol. The van der Waals surface area contributed by atoms with E-state index in [0.717, 1.165) is 38.0 Å². The van der Waals surface area contributed by atoms with Gasteiger partial charge in [-0.25, -0.2) is 0 Å². The van der Waals surface area contributed by atoms with Crippen LogP contribution in [0.3, 0.4) is 0 Å². The number of aromatic nitrogens is 2. The van der Waals surface area contributed by atoms with Crippen molar-refractivity contribution in [1.29, 1.82) is 0 Å². The third-order valence-corrected chi connectivity index (χ3v) is 5.24. The van der Waals surface area contributed by atoms with Gasteiger partial charge in [-0.2, -0.15) is 5.10 Å². The molecule has 0 N–H and O–H groups in total. The zero-order valence-corrected chi connectivity index (χ0v) is 14.9. The Morgan fingerprint density at radius 1 is 1.30 bits per heavy atom. The molecule has 0 amide bonds. The quantitative estimate of drug-likeness (QED) is 0.710. The summed E-state index contributed by atoms with van der Waals surface area (Å²) in [5.74, 6) is 0.110. The normalized spacial score (nSPS) is 10.8. The van der Waals surface area contributed by atoms with Crippen LogP contribution in [0.4, 0.5) is 0 Å². The van der Waals surface area contributed by atoms with Gasteiger partial charge >= 0.3 is 0 Å². The fraction of sp³-hybridized carbons (Fsp3) is 0.333. The average molecular weight is 400 g/mol. The van der Waals surface area contributed by atoms with Crippen molar-refractivity contribution in [3.05, 3.63) is 49.7 Å². The average Bonchev–Trinajstić information content (AvgIpc) is 2.69. The molecule has 1 aromatic heterocycles. The lowest BCUT2D eigenvalue weighted by atomic mass is 10.0. The molecule has 0 atom stereocenters. The Hall–Kier alpha value is -0.940. The van der Waals surface area contributed by atoms with Crippen molar-refractivity contribution in [2.45, 2.75) is 33.7 Å². The van der Waals surface area contributed by atoms with E-state index < -0.39 is 0 Å². The van der Waals surface area contributed by atoms with Crippen LogP contribution < -0.4 is 0 Å². The molecule has 20 heavy (non-hydrogen) atoms. The summed E-state index contributed by atoms with van der Waals surface area (Å²) in [6.07, 6.45) is 0.354. The first-order valence-electron chi connectivity index (χ1n) is 6.45. The number of rotatable bonds is 4. The second-order valence-electron chi connectivity index (χ2n) is 4.67. The molecule has 0 spiro atoms. The van der Waals surface area contributed by atoms with Crippen LogP contribution in [-0.2, 0) is 13.0 Å². The Balaban J connectivity index is 2.35. The Morgan fingerprint density at radius 3 is 2.65 bits per heavy atom. The van der Waals surface area contributed by atoms with E-state index in [1.165, 1.54) is 0 Å². The lowest BCUT2D eigenvalue weighted by molar-refractivity contribution is 0.0989. The zero-order chi connectivity index (χ0) is 14.9. The molecule has 0 fully saturated rings. The van der Waals surface area contributed by atoms with E-state index in [9.17, 15) is 4.79 Å². The Bertz CT molecular complexity index is 662. The second kappa shape index (κ2) is 6.22. The number of hydrogen-bond donors (Lipinski definition) is 0. The maximum Gasteiger partial charge on any atom is 0.169 e. The standard InChI is InChI=1S/C15H16Br2N2O/c1-4-19-13(15(17)10(3)18-19)8-14(20)11-6-5-7-12(16)9(11)2/h5-7H,4,8H2,1-3H3. The number of carbonyl (C=O) groups is 1. The van der Waals surface area contributed by atoms with E-state index in [-0.39, 0.29) is 5.78 Å². The zero-order valence-electron chi connectivity index (χ0n) is 11.7. The SMILES string of the molecule is CCn1nc(C)c(Br)c1CC(=O)c1cccc(Br)c1C. The highest BCUT2D eigenvalue weighted by Crippen LogP contribution is 2.25. The first-order valence-corrected chi connectivity index (χ1v) is 8.04. The molecule has 1 aromatic carbocycles. The Morgan fingerprint density at radius 2 is 2.00 bits per heavy atom. The third-order valence-electron chi connectivity index (χ3n) is 3.35. The maximum atomic E-state index is 12.5. The van der Waals surface area contributed by atoms with Gasteiger partial charge in [0.15, 0.2) is 5.78 Å². The molecule has 3 nitrogen and oxygen atoms in total. The van der Waals surface area contributed by atoms with Crippen molar-refractivity contribution in [3.8, 4) is 0 Å². The lowest BCUT2D eigenvalue weighted by Crippen LogP contribution is -2.11. The van der Waals surface area contributed by atoms with E-state index in [2.05, 4.69) is 37.0 Å². The minimum Gasteiger partial charge on any atom is -0.294 e. The topological polar surface area (TPSA) is 34.9 Å². The molecule has 0 radical (unpaired) electrons. The molecule has 0 aliphatic rings. The third kappa shape index (κ3) is 2.88. The van der Waals surface area contributed by atoms with Gasteiger partial charge in [0.1, 0.15) is 0 Å². The number of ketones is 1. The highest BCUT2D eigenvalue weighted by molar-refractivity contribution is 9.10. The number of aryl methyl sites for hydroxylation is 2. The summed E-state index contributed by atoms with van der Waals surface area (Å²) in [4.78, 5) is 12.5. The van der Waals surface area contributed by atoms with Crippen LogP contribution in [0, 0.1) is 13.8 Å². The molecule has 0 saturated carbocycles. The summed E-state index contributed by atoms with van der Waals surface area (Å²) in [5.41, 5.74) is 3.59. The van der Waals surface area contributed by atoms with Crippen molar-refractivity contribution in [1.82, 2.24) is 9.78 Å². The van der Waals surface area contributed by atoms with E-state index in [1.807, 2.05) is 43.7 Å². The van der Waals surface area contributed by atoms with Crippen molar-refractivity contribution >= 4 is 37.6 Å². The maximum absolute atomic E-state index is 12.5. The monoisotopic (exact) mass is 398 g/mol. The number of carbonyl (C=O) groups excluding carboxylic acids is 1. The highest BCUT2D eigenvalue weighted by Gasteiger charge is 2.18. The smallest absolute Gasteiger partial charge is 0.169 e. The van der Waals surface area contributed by atoms with E-state index in [4.69, 9.17) is 0 Å². The predicted molar refractivity (Wildman–Crippen MR) is 87.3 cm³/mol. The summed E-state index contributed by atoms with van der Waals surface area (Å²) in [6, 6.07) is 5.71. The highest BCUT2D eigenvalue weighted by atomic mass is 79.9. The molecule has 0 aliphatic carbocycles. The molecule has 0 aliphatic heterocycles. The van der Waals surface area contributed by atoms with E-state index in [0.29, 0.717) is 6.42 Å². The van der Waals surface area contributed by atoms with Gasteiger partial charge < -0.3 is 0 Å². The Labute approximate surface area is 135 Å². The van der Waals surface area contributed by atoms with Gasteiger partial charge in [-0.1, -0.05) is 28.1 Å². The summed E-state index contributed by atoms with van der Waals surface area (Å²) < 4.78 is 3.77. The van der Waals surface area contributed by atoms with Gasteiger partial charge in [-0.05, 0) is 48.3 Å². The van der Waals surface area contributed by atoms with Gasteiger partial charge in [0.2, 0.25) is 0 Å². The summed E-state index contributed by atoms with van der Waals surface area (Å²) in [6.45, 7) is 6.67. The van der Waals surface area contributed by atoms with E-state index >= 15 is 0 Å². The largest absolute Gasteiger partial charge is 0.294 e. The number of hydrogen-bond acceptors (Lipinski definition) is 2. The van der Waals surface area contributed by atoms with Crippen molar-refractivity contribution in [3.63, 3.8) is 0 Å². The number of nitrogens with zero attached hydrogens (tertiary/aromatic N) is 2. The van der Waals surface area contributed by atoms with Crippen molar-refractivity contribution in [2.24, 2.45) is 0 Å². The molecule has 0 bridgehead atoms. The van der Waals surface area contributed by atoms with Crippen LogP contribution in [0.5, 0.6) is 0 Å². The Kier molecular flexibility index (Phi) is 4.81. The molecule has 1 heterocycles. The summed E-state index contributed by atoms with van der Waals surface area (Å²) in [7, 11) is 0. The first-order chi connectivity index (χ1) is 9.45. The van der Waals surface area contributed by atoms with Crippen LogP contribution in [0.1, 0.15) is 34.2 Å². The lowest BCUT2D eigenvalue weighted by Gasteiger charge is -2.08. The molecule has 2 aromatic rings. The molecule has 5 heteroatoms. The van der Waals surface area contributed by atoms with Crippen molar-refractivity contribution in [2.75, 3.05) is 0 Å². The van der Waals surface area contributed by atoms with Crippen LogP contribution in [0.25, 0.3) is 0 Å². The molecule has 106 valence electrons. The number of halogens is 2. The van der Waals surface area contributed by atoms with Crippen LogP contribution in [0.15, 0.2) is 27.1 Å². The van der Waals surface area contributed by atoms with Crippen molar-refractivity contribution < 1.29 is 4.79 Å². The molecule has 0 unspecified atom stereocenters. The second-order valence-corrected chi connectivity index (χ2v) is 6.32. The number of benzene rings is 1. The molecule has 2 rings (SSSR count). The van der Waals surface area contributed by atoms with Crippen LogP contribution in [-0.4, -0.2) is 15.6 Å². The summed E-state index contributed by atoms with van der Waals surface area (Å²) in [5, 5.41) is 4.42. The van der Waals surface area contributed by atoms with Gasteiger partial charge in [-0.15, -0.1) is 0 Å². The van der Waals surface area contributed by atoms with Crippen LogP contribution >= 0.6 is 31.9 Å². The summed E-state index contributed by atoms with van der Waals surface area (Å²) >= 11 is 7.00.